The Kier molecular flexibility index (Phi) is 3.77. The molecule has 3 N–H and O–H groups in total. The highest BCUT2D eigenvalue weighted by Gasteiger charge is 2.13. The van der Waals surface area contributed by atoms with E-state index in [4.69, 9.17) is 15.6 Å². The van der Waals surface area contributed by atoms with Gasteiger partial charge in [-0.1, -0.05) is 46.3 Å². The smallest absolute Gasteiger partial charge is 0.145 e. The molecule has 0 saturated heterocycles. The van der Waals surface area contributed by atoms with Crippen molar-refractivity contribution in [3.05, 3.63) is 53.0 Å². The molecular weight excluding hydrogens is 330 g/mol. The maximum absolute atomic E-state index is 5.68. The minimum atomic E-state index is 0.711. The van der Waals surface area contributed by atoms with Crippen LogP contribution in [0.5, 0.6) is 5.75 Å². The fourth-order valence-electron chi connectivity index (χ4n) is 2.31. The number of hydrogen-bond acceptors (Lipinski definition) is 4. The number of pyridine rings is 1. The maximum atomic E-state index is 5.68. The van der Waals surface area contributed by atoms with Crippen LogP contribution in [-0.2, 0) is 0 Å². The minimum Gasteiger partial charge on any atom is -0.494 e. The number of anilines is 1. The van der Waals surface area contributed by atoms with E-state index in [2.05, 4.69) is 21.4 Å². The van der Waals surface area contributed by atoms with Crippen LogP contribution in [0.25, 0.3) is 22.2 Å². The van der Waals surface area contributed by atoms with Gasteiger partial charge >= 0.3 is 0 Å². The highest BCUT2D eigenvalue weighted by atomic mass is 79.9. The zero-order valence-electron chi connectivity index (χ0n) is 11.4. The number of nitrogens with one attached hydrogen (secondary N) is 1. The lowest BCUT2D eigenvalue weighted by molar-refractivity contribution is 0.419. The zero-order chi connectivity index (χ0) is 14.8. The third-order valence-corrected chi connectivity index (χ3v) is 3.98. The topological polar surface area (TPSA) is 60.2 Å². The lowest BCUT2D eigenvalue weighted by Crippen LogP contribution is -2.08. The Hall–Kier alpha value is -2.11. The molecule has 0 unspecified atom stereocenters. The monoisotopic (exact) mass is 343 g/mol. The number of hydrazine groups is 1. The van der Waals surface area contributed by atoms with Crippen molar-refractivity contribution in [1.82, 2.24) is 4.98 Å². The van der Waals surface area contributed by atoms with Gasteiger partial charge in [0.1, 0.15) is 11.3 Å². The van der Waals surface area contributed by atoms with E-state index in [1.807, 2.05) is 48.5 Å². The Balaban J connectivity index is 2.35. The molecule has 5 heteroatoms. The van der Waals surface area contributed by atoms with Crippen molar-refractivity contribution in [3.63, 3.8) is 0 Å². The van der Waals surface area contributed by atoms with Crippen LogP contribution < -0.4 is 16.0 Å². The second-order valence-electron chi connectivity index (χ2n) is 4.54. The molecule has 0 spiro atoms. The number of benzene rings is 2. The normalized spacial score (nSPS) is 10.6. The van der Waals surface area contributed by atoms with Crippen molar-refractivity contribution < 1.29 is 4.74 Å². The van der Waals surface area contributed by atoms with Crippen molar-refractivity contribution in [1.29, 1.82) is 0 Å². The van der Waals surface area contributed by atoms with Gasteiger partial charge < -0.3 is 10.2 Å². The number of hydrogen-bond donors (Lipinski definition) is 2. The molecule has 2 aromatic carbocycles. The van der Waals surface area contributed by atoms with Crippen LogP contribution >= 0.6 is 15.9 Å². The summed E-state index contributed by atoms with van der Waals surface area (Å²) in [5.41, 5.74) is 6.17. The summed E-state index contributed by atoms with van der Waals surface area (Å²) in [7, 11) is 1.63. The third-order valence-electron chi connectivity index (χ3n) is 3.32. The predicted molar refractivity (Wildman–Crippen MR) is 89.2 cm³/mol. The number of fused-ring (bicyclic) bond motifs is 1. The summed E-state index contributed by atoms with van der Waals surface area (Å²) in [6, 6.07) is 15.7. The number of halogens is 1. The van der Waals surface area contributed by atoms with E-state index < -0.39 is 0 Å². The Bertz CT molecular complexity index is 790. The van der Waals surface area contributed by atoms with Gasteiger partial charge in [-0.15, -0.1) is 0 Å². The molecule has 1 aromatic heterocycles. The van der Waals surface area contributed by atoms with Crippen molar-refractivity contribution >= 4 is 32.5 Å². The van der Waals surface area contributed by atoms with Gasteiger partial charge in [-0.2, -0.15) is 0 Å². The number of nitrogens with two attached hydrogens (primary N) is 1. The van der Waals surface area contributed by atoms with Crippen LogP contribution in [0.4, 0.5) is 5.69 Å². The van der Waals surface area contributed by atoms with E-state index in [0.717, 1.165) is 32.3 Å². The summed E-state index contributed by atoms with van der Waals surface area (Å²) in [5.74, 6) is 6.39. The Labute approximate surface area is 131 Å². The number of rotatable bonds is 3. The molecule has 0 amide bonds. The third kappa shape index (κ3) is 2.46. The van der Waals surface area contributed by atoms with E-state index >= 15 is 0 Å². The first-order chi connectivity index (χ1) is 10.2. The van der Waals surface area contributed by atoms with Crippen LogP contribution in [0, 0.1) is 0 Å². The first kappa shape index (κ1) is 13.9. The van der Waals surface area contributed by atoms with Crippen molar-refractivity contribution in [2.75, 3.05) is 12.5 Å². The number of nitrogen functional groups attached to an aromatic ring is 1. The lowest BCUT2D eigenvalue weighted by Gasteiger charge is -2.13. The molecule has 0 radical (unpaired) electrons. The highest BCUT2D eigenvalue weighted by molar-refractivity contribution is 9.10. The molecule has 0 saturated carbocycles. The molecule has 0 bridgehead atoms. The summed E-state index contributed by atoms with van der Waals surface area (Å²) in [4.78, 5) is 4.74. The van der Waals surface area contributed by atoms with Crippen LogP contribution in [-0.4, -0.2) is 12.1 Å². The molecule has 4 nitrogen and oxygen atoms in total. The fraction of sp³-hybridized carbons (Fsp3) is 0.0625. The standard InChI is InChI=1S/C16H14BrN3O/c1-21-14-8-7-11(17)15-13(20-18)9-12(19-16(14)15)10-5-3-2-4-6-10/h2-9H,18H2,1H3,(H,19,20). The molecule has 0 aliphatic rings. The molecular formula is C16H14BrN3O. The Morgan fingerprint density at radius 3 is 2.57 bits per heavy atom. The van der Waals surface area contributed by atoms with Gasteiger partial charge in [-0.3, -0.25) is 5.84 Å². The number of aromatic nitrogens is 1. The SMILES string of the molecule is COc1ccc(Br)c2c(NN)cc(-c3ccccc3)nc12. The average molecular weight is 344 g/mol. The quantitative estimate of drug-likeness (QED) is 0.558. The second kappa shape index (κ2) is 5.71. The minimum absolute atomic E-state index is 0.711. The summed E-state index contributed by atoms with van der Waals surface area (Å²) in [6.07, 6.45) is 0. The lowest BCUT2D eigenvalue weighted by atomic mass is 10.1. The van der Waals surface area contributed by atoms with Gasteiger partial charge in [0.05, 0.1) is 18.5 Å². The van der Waals surface area contributed by atoms with Gasteiger partial charge in [-0.25, -0.2) is 4.98 Å². The van der Waals surface area contributed by atoms with Gasteiger partial charge in [0, 0.05) is 15.4 Å². The summed E-state index contributed by atoms with van der Waals surface area (Å²) in [5, 5.41) is 0.900. The molecule has 21 heavy (non-hydrogen) atoms. The molecule has 0 fully saturated rings. The first-order valence-electron chi connectivity index (χ1n) is 6.44. The molecule has 3 aromatic rings. The first-order valence-corrected chi connectivity index (χ1v) is 7.23. The van der Waals surface area contributed by atoms with E-state index in [9.17, 15) is 0 Å². The number of ether oxygens (including phenoxy) is 1. The van der Waals surface area contributed by atoms with Crippen molar-refractivity contribution in [2.24, 2.45) is 5.84 Å². The molecule has 3 rings (SSSR count). The zero-order valence-corrected chi connectivity index (χ0v) is 13.0. The number of nitrogens with zero attached hydrogens (tertiary/aromatic N) is 1. The summed E-state index contributed by atoms with van der Waals surface area (Å²) in [6.45, 7) is 0. The number of methoxy groups -OCH3 is 1. The summed E-state index contributed by atoms with van der Waals surface area (Å²) >= 11 is 3.54. The highest BCUT2D eigenvalue weighted by Crippen LogP contribution is 2.37. The Morgan fingerprint density at radius 1 is 1.14 bits per heavy atom. The van der Waals surface area contributed by atoms with Crippen LogP contribution in [0.15, 0.2) is 53.0 Å². The molecule has 0 aliphatic carbocycles. The van der Waals surface area contributed by atoms with Gasteiger partial charge in [-0.05, 0) is 18.2 Å². The molecule has 0 atom stereocenters. The van der Waals surface area contributed by atoms with E-state index in [0.29, 0.717) is 5.75 Å². The molecule has 1 heterocycles. The van der Waals surface area contributed by atoms with Crippen LogP contribution in [0.1, 0.15) is 0 Å². The molecule has 106 valence electrons. The van der Waals surface area contributed by atoms with Crippen molar-refractivity contribution in [2.45, 2.75) is 0 Å². The van der Waals surface area contributed by atoms with Crippen LogP contribution in [0.2, 0.25) is 0 Å². The maximum Gasteiger partial charge on any atom is 0.145 e. The van der Waals surface area contributed by atoms with E-state index in [1.165, 1.54) is 0 Å². The van der Waals surface area contributed by atoms with E-state index in [1.54, 1.807) is 7.11 Å². The predicted octanol–water partition coefficient (Wildman–Crippen LogP) is 3.96. The van der Waals surface area contributed by atoms with Gasteiger partial charge in [0.2, 0.25) is 0 Å². The van der Waals surface area contributed by atoms with Gasteiger partial charge in [0.15, 0.2) is 0 Å². The van der Waals surface area contributed by atoms with Gasteiger partial charge in [0.25, 0.3) is 0 Å². The fourth-order valence-corrected chi connectivity index (χ4v) is 2.85. The largest absolute Gasteiger partial charge is 0.494 e. The summed E-state index contributed by atoms with van der Waals surface area (Å²) < 4.78 is 6.34. The molecule has 0 aliphatic heterocycles. The van der Waals surface area contributed by atoms with Crippen molar-refractivity contribution in [3.8, 4) is 17.0 Å². The van der Waals surface area contributed by atoms with Crippen LogP contribution in [0.3, 0.4) is 0 Å². The Morgan fingerprint density at radius 2 is 1.90 bits per heavy atom. The van der Waals surface area contributed by atoms with E-state index in [-0.39, 0.29) is 0 Å². The second-order valence-corrected chi connectivity index (χ2v) is 5.39. The average Bonchev–Trinajstić information content (AvgIpc) is 2.55.